The van der Waals surface area contributed by atoms with E-state index in [-0.39, 0.29) is 23.6 Å². The van der Waals surface area contributed by atoms with Crippen LogP contribution in [0.4, 0.5) is 0 Å². The lowest BCUT2D eigenvalue weighted by Gasteiger charge is -2.23. The minimum absolute atomic E-state index is 0.0956. The number of nitrogens with two attached hydrogens (primary N) is 2. The van der Waals surface area contributed by atoms with Crippen LogP contribution in [0.25, 0.3) is 0 Å². The fourth-order valence-electron chi connectivity index (χ4n) is 6.01. The predicted molar refractivity (Wildman–Crippen MR) is 260 cm³/mol. The van der Waals surface area contributed by atoms with Crippen LogP contribution in [-0.2, 0) is 9.59 Å². The summed E-state index contributed by atoms with van der Waals surface area (Å²) in [5.41, 5.74) is 9.75. The molecule has 14 heteroatoms. The van der Waals surface area contributed by atoms with Crippen molar-refractivity contribution in [3.63, 3.8) is 0 Å². The van der Waals surface area contributed by atoms with Crippen molar-refractivity contribution in [3.8, 4) is 0 Å². The van der Waals surface area contributed by atoms with Crippen molar-refractivity contribution >= 4 is 37.2 Å². The quantitative estimate of drug-likeness (QED) is 0.00965. The van der Waals surface area contributed by atoms with E-state index in [0.29, 0.717) is 0 Å². The van der Waals surface area contributed by atoms with Gasteiger partial charge in [0.1, 0.15) is 26.2 Å². The minimum Gasteiger partial charge on any atom is -0.548 e. The molecule has 0 spiro atoms. The zero-order chi connectivity index (χ0) is 47.9. The summed E-state index contributed by atoms with van der Waals surface area (Å²) in [7, 11) is 2.84. The van der Waals surface area contributed by atoms with Gasteiger partial charge in [0.25, 0.3) is 0 Å². The van der Waals surface area contributed by atoms with E-state index in [4.69, 9.17) is 11.5 Å². The molecule has 0 saturated carbocycles. The molecule has 0 saturated heterocycles. The first-order valence-electron chi connectivity index (χ1n) is 24.4. The predicted octanol–water partition coefficient (Wildman–Crippen LogP) is 10.0. The molecule has 0 aromatic carbocycles. The van der Waals surface area contributed by atoms with E-state index in [1.165, 1.54) is 181 Å². The summed E-state index contributed by atoms with van der Waals surface area (Å²) in [5.74, 6) is -2.25. The molecule has 372 valence electrons. The molecule has 0 heterocycles. The van der Waals surface area contributed by atoms with Crippen LogP contribution >= 0.6 is 25.3 Å². The number of nitrogens with zero attached hydrogens (tertiary/aromatic N) is 2. The molecule has 0 aliphatic heterocycles. The van der Waals surface area contributed by atoms with E-state index in [9.17, 15) is 40.6 Å². The smallest absolute Gasteiger partial charge is 0.149 e. The Balaban J connectivity index is -0.000000414. The van der Waals surface area contributed by atoms with Gasteiger partial charge in [0.15, 0.2) is 0 Å². The number of rotatable bonds is 38. The molecule has 62 heavy (non-hydrogen) atoms. The van der Waals surface area contributed by atoms with Gasteiger partial charge in [-0.3, -0.25) is 0 Å². The molecule has 0 fully saturated rings. The summed E-state index contributed by atoms with van der Waals surface area (Å²) in [4.78, 5) is 17.5. The van der Waals surface area contributed by atoms with Crippen molar-refractivity contribution in [1.82, 2.24) is 0 Å². The second kappa shape index (κ2) is 49.2. The van der Waals surface area contributed by atoms with Gasteiger partial charge in [0, 0.05) is 24.3 Å². The van der Waals surface area contributed by atoms with Gasteiger partial charge in [-0.2, -0.15) is 46.1 Å². The third kappa shape index (κ3) is 56.8. The lowest BCUT2D eigenvalue weighted by atomic mass is 10.1. The Bertz CT molecular complexity index is 935. The van der Waals surface area contributed by atoms with Crippen LogP contribution < -0.4 is 21.7 Å². The lowest BCUT2D eigenvalue weighted by Crippen LogP contribution is -2.44. The Morgan fingerprint density at radius 2 is 0.677 bits per heavy atom. The number of carbonyl (C=O) groups excluding carboxylic acids is 2. The third-order valence-electron chi connectivity index (χ3n) is 10.9. The van der Waals surface area contributed by atoms with Gasteiger partial charge in [-0.1, -0.05) is 154 Å². The second-order valence-electron chi connectivity index (χ2n) is 17.3. The first kappa shape index (κ1) is 67.4. The number of carboxylic acids is 2. The molecule has 0 aromatic heterocycles. The largest absolute Gasteiger partial charge is 0.548 e. The molecule has 0 bridgehead atoms. The monoisotopic (exact) mass is 925 g/mol. The van der Waals surface area contributed by atoms with Crippen LogP contribution in [0, 0.1) is 0 Å². The summed E-state index contributed by atoms with van der Waals surface area (Å²) >= 11 is 7.22. The molecule has 0 aliphatic carbocycles. The number of hydrogen-bond acceptors (Lipinski definition) is 12. The SMILES string of the molecule is CCCCCCCC/C=C\CCCCCCCCC(C)[N+](C)(O)O.CCCCCCCC/C=C\CCCCCCCCC(C)[N+](C)(O)O.N[C@@H](CS)C(=O)[O-].N[C@@H](CS)C(=O)[O-]. The maximum absolute atomic E-state index is 9.65. The first-order chi connectivity index (χ1) is 29.3. The molecule has 8 N–H and O–H groups in total. The molecule has 0 amide bonds. The number of carboxylic acid groups (broad SMARTS) is 2. The van der Waals surface area contributed by atoms with Gasteiger partial charge >= 0.3 is 0 Å². The standard InChI is InChI=1S/2C21H44NO2.2C3H7NO2S/c2*1-4-5-6-7-8-9-10-11-12-13-14-15-16-17-18-19-20-21(2)22(3,23)24;2*4-2(1-7)3(5)6/h2*11-12,21,23-24H,4-10,13-20H2,1-3H3;2*2,7H,1,4H2,(H,5,6)/q2*+1;;/p-2/b2*12-11-;;/t;;2*2-/m..00/s1. The van der Waals surface area contributed by atoms with E-state index in [2.05, 4.69) is 63.4 Å². The first-order valence-corrected chi connectivity index (χ1v) is 25.7. The van der Waals surface area contributed by atoms with E-state index in [1.54, 1.807) is 0 Å². The highest BCUT2D eigenvalue weighted by molar-refractivity contribution is 7.80. The topological polar surface area (TPSA) is 213 Å². The van der Waals surface area contributed by atoms with Crippen molar-refractivity contribution in [2.75, 3.05) is 25.6 Å². The van der Waals surface area contributed by atoms with E-state index < -0.39 is 33.6 Å². The van der Waals surface area contributed by atoms with E-state index in [0.717, 1.165) is 25.7 Å². The highest BCUT2D eigenvalue weighted by atomic mass is 32.1. The number of hydroxylamine groups is 8. The Morgan fingerprint density at radius 1 is 0.468 bits per heavy atom. The number of hydrogen-bond donors (Lipinski definition) is 8. The Hall–Kier alpha value is -1.20. The van der Waals surface area contributed by atoms with Crippen molar-refractivity contribution in [3.05, 3.63) is 24.3 Å². The number of aliphatic carboxylic acids is 2. The van der Waals surface area contributed by atoms with Crippen LogP contribution in [0.1, 0.15) is 220 Å². The minimum atomic E-state index is -1.25. The van der Waals surface area contributed by atoms with Crippen LogP contribution in [0.2, 0.25) is 0 Å². The molecule has 12 nitrogen and oxygen atoms in total. The highest BCUT2D eigenvalue weighted by Gasteiger charge is 2.25. The van der Waals surface area contributed by atoms with Crippen molar-refractivity contribution in [2.45, 2.75) is 244 Å². The average Bonchev–Trinajstić information content (AvgIpc) is 3.22. The van der Waals surface area contributed by atoms with Gasteiger partial charge in [0.2, 0.25) is 0 Å². The summed E-state index contributed by atoms with van der Waals surface area (Å²) in [6, 6.07) is -2.05. The molecule has 0 rings (SSSR count). The maximum Gasteiger partial charge on any atom is 0.149 e. The van der Waals surface area contributed by atoms with Crippen LogP contribution in [0.5, 0.6) is 0 Å². The molecule has 0 radical (unpaired) electrons. The fraction of sp³-hybridized carbons (Fsp3) is 0.875. The van der Waals surface area contributed by atoms with E-state index >= 15 is 0 Å². The molecule has 4 atom stereocenters. The van der Waals surface area contributed by atoms with Gasteiger partial charge in [0.05, 0.1) is 24.0 Å². The summed E-state index contributed by atoms with van der Waals surface area (Å²) in [5, 5.41) is 56.9. The molecular formula is C48H100N4O8S2. The number of unbranched alkanes of at least 4 members (excludes halogenated alkanes) is 24. The van der Waals surface area contributed by atoms with Gasteiger partial charge in [-0.15, -0.1) is 0 Å². The zero-order valence-corrected chi connectivity index (χ0v) is 42.4. The number of carbonyl (C=O) groups is 2. The van der Waals surface area contributed by atoms with E-state index in [1.807, 2.05) is 13.8 Å². The summed E-state index contributed by atoms with van der Waals surface area (Å²) in [6.07, 6.45) is 47.9. The number of allylic oxidation sites excluding steroid dienone is 4. The zero-order valence-electron chi connectivity index (χ0n) is 40.6. The highest BCUT2D eigenvalue weighted by Crippen LogP contribution is 2.16. The van der Waals surface area contributed by atoms with Crippen molar-refractivity contribution in [2.24, 2.45) is 11.5 Å². The third-order valence-corrected chi connectivity index (χ3v) is 11.7. The van der Waals surface area contributed by atoms with Crippen molar-refractivity contribution < 1.29 is 50.3 Å². The Kier molecular flexibility index (Phi) is 53.5. The van der Waals surface area contributed by atoms with Crippen LogP contribution in [0.3, 0.4) is 0 Å². The average molecular weight is 925 g/mol. The molecule has 2 unspecified atom stereocenters. The van der Waals surface area contributed by atoms with Gasteiger partial charge < -0.3 is 31.3 Å². The summed E-state index contributed by atoms with van der Waals surface area (Å²) in [6.45, 7) is 8.31. The molecule has 0 aliphatic rings. The normalized spacial score (nSPS) is 13.6. The van der Waals surface area contributed by atoms with Gasteiger partial charge in [-0.25, -0.2) is 0 Å². The summed E-state index contributed by atoms with van der Waals surface area (Å²) < 4.78 is 0. The second-order valence-corrected chi connectivity index (χ2v) is 18.1. The number of thiol groups is 2. The lowest BCUT2D eigenvalue weighted by molar-refractivity contribution is -1.25. The molecule has 0 aromatic rings. The maximum atomic E-state index is 9.65. The number of quaternary nitrogens is 2. The van der Waals surface area contributed by atoms with Crippen molar-refractivity contribution in [1.29, 1.82) is 0 Å². The van der Waals surface area contributed by atoms with Gasteiger partial charge in [-0.05, 0) is 87.7 Å². The van der Waals surface area contributed by atoms with Crippen LogP contribution in [0.15, 0.2) is 24.3 Å². The Labute approximate surface area is 391 Å². The van der Waals surface area contributed by atoms with Crippen LogP contribution in [-0.4, -0.2) is 92.2 Å². The Morgan fingerprint density at radius 3 is 0.855 bits per heavy atom. The molecular weight excluding hydrogens is 825 g/mol. The fourth-order valence-corrected chi connectivity index (χ4v) is 6.31.